The van der Waals surface area contributed by atoms with E-state index in [2.05, 4.69) is 12.2 Å². The van der Waals surface area contributed by atoms with Crippen LogP contribution in [-0.4, -0.2) is 19.3 Å². The molecule has 0 heterocycles. The average Bonchev–Trinajstić information content (AvgIpc) is 2.26. The van der Waals surface area contributed by atoms with Gasteiger partial charge in [0.05, 0.1) is 6.67 Å². The molecule has 1 nitrogen and oxygen atoms in total. The Balaban J connectivity index is 2.21. The molecule has 1 fully saturated rings. The monoisotopic (exact) mass is 201 g/mol. The molecule has 0 aromatic rings. The molecule has 0 radical (unpaired) electrons. The van der Waals surface area contributed by atoms with E-state index in [1.165, 1.54) is 38.5 Å². The van der Waals surface area contributed by atoms with Crippen molar-refractivity contribution in [1.29, 1.82) is 0 Å². The molecule has 0 saturated heterocycles. The molecule has 0 aliphatic heterocycles. The number of alkyl halides is 1. The largest absolute Gasteiger partial charge is 0.314 e. The van der Waals surface area contributed by atoms with Crippen molar-refractivity contribution in [3.05, 3.63) is 0 Å². The highest BCUT2D eigenvalue weighted by molar-refractivity contribution is 4.78. The Morgan fingerprint density at radius 1 is 1.29 bits per heavy atom. The summed E-state index contributed by atoms with van der Waals surface area (Å²) in [7, 11) is 0. The van der Waals surface area contributed by atoms with Crippen LogP contribution in [0.2, 0.25) is 0 Å². The second-order valence-electron chi connectivity index (χ2n) is 4.41. The van der Waals surface area contributed by atoms with Crippen LogP contribution in [0.4, 0.5) is 4.39 Å². The summed E-state index contributed by atoms with van der Waals surface area (Å²) in [6.45, 7) is 2.90. The second-order valence-corrected chi connectivity index (χ2v) is 4.41. The predicted octanol–water partition coefficient (Wildman–Crippen LogP) is 3.29. The number of hydrogen-bond acceptors (Lipinski definition) is 1. The molecule has 1 aliphatic carbocycles. The van der Waals surface area contributed by atoms with E-state index in [0.717, 1.165) is 12.5 Å². The standard InChI is InChI=1S/C12H24FN/c1-2-12(14-10-6-9-13)11-7-4-3-5-8-11/h11-12,14H,2-10H2,1H3. The van der Waals surface area contributed by atoms with E-state index >= 15 is 0 Å². The van der Waals surface area contributed by atoms with Crippen molar-refractivity contribution in [1.82, 2.24) is 5.32 Å². The normalized spacial score (nSPS) is 21.0. The molecule has 1 unspecified atom stereocenters. The van der Waals surface area contributed by atoms with E-state index in [1.54, 1.807) is 0 Å². The van der Waals surface area contributed by atoms with Crippen LogP contribution in [0, 0.1) is 5.92 Å². The number of hydrogen-bond donors (Lipinski definition) is 1. The highest BCUT2D eigenvalue weighted by Crippen LogP contribution is 2.27. The molecule has 1 rings (SSSR count). The van der Waals surface area contributed by atoms with Gasteiger partial charge in [0.2, 0.25) is 0 Å². The molecular weight excluding hydrogens is 177 g/mol. The zero-order valence-corrected chi connectivity index (χ0v) is 9.40. The Bertz CT molecular complexity index is 132. The Kier molecular flexibility index (Phi) is 6.17. The molecular formula is C12H24FN. The van der Waals surface area contributed by atoms with E-state index in [4.69, 9.17) is 0 Å². The van der Waals surface area contributed by atoms with Crippen molar-refractivity contribution in [2.45, 2.75) is 57.9 Å². The van der Waals surface area contributed by atoms with E-state index < -0.39 is 0 Å². The lowest BCUT2D eigenvalue weighted by molar-refractivity contribution is 0.260. The van der Waals surface area contributed by atoms with Gasteiger partial charge in [0.1, 0.15) is 0 Å². The second kappa shape index (κ2) is 7.22. The van der Waals surface area contributed by atoms with Gasteiger partial charge in [0.15, 0.2) is 0 Å². The summed E-state index contributed by atoms with van der Waals surface area (Å²) in [5.41, 5.74) is 0. The fourth-order valence-electron chi connectivity index (χ4n) is 2.54. The summed E-state index contributed by atoms with van der Waals surface area (Å²) in [5, 5.41) is 3.50. The SMILES string of the molecule is CCC(NCCCF)C1CCCCC1. The summed E-state index contributed by atoms with van der Waals surface area (Å²) in [6, 6.07) is 0.641. The summed E-state index contributed by atoms with van der Waals surface area (Å²) in [5.74, 6) is 0.855. The van der Waals surface area contributed by atoms with Crippen molar-refractivity contribution in [2.75, 3.05) is 13.2 Å². The number of nitrogens with one attached hydrogen (secondary N) is 1. The van der Waals surface area contributed by atoms with Gasteiger partial charge in [-0.2, -0.15) is 0 Å². The fourth-order valence-corrected chi connectivity index (χ4v) is 2.54. The van der Waals surface area contributed by atoms with Crippen LogP contribution in [0.1, 0.15) is 51.9 Å². The van der Waals surface area contributed by atoms with Crippen molar-refractivity contribution in [3.63, 3.8) is 0 Å². The number of rotatable bonds is 6. The van der Waals surface area contributed by atoms with E-state index in [1.807, 2.05) is 0 Å². The zero-order valence-electron chi connectivity index (χ0n) is 9.40. The maximum absolute atomic E-state index is 11.9. The van der Waals surface area contributed by atoms with Gasteiger partial charge in [-0.25, -0.2) is 0 Å². The van der Waals surface area contributed by atoms with Crippen LogP contribution >= 0.6 is 0 Å². The lowest BCUT2D eigenvalue weighted by atomic mass is 9.83. The van der Waals surface area contributed by atoms with Crippen LogP contribution in [0.25, 0.3) is 0 Å². The maximum atomic E-state index is 11.9. The van der Waals surface area contributed by atoms with Crippen molar-refractivity contribution < 1.29 is 4.39 Å². The van der Waals surface area contributed by atoms with Gasteiger partial charge in [-0.1, -0.05) is 26.2 Å². The molecule has 84 valence electrons. The Morgan fingerprint density at radius 2 is 2.00 bits per heavy atom. The molecule has 2 heteroatoms. The molecule has 14 heavy (non-hydrogen) atoms. The molecule has 0 bridgehead atoms. The zero-order chi connectivity index (χ0) is 10.2. The third kappa shape index (κ3) is 3.95. The molecule has 1 N–H and O–H groups in total. The Labute approximate surface area is 87.5 Å². The molecule has 0 aromatic carbocycles. The first kappa shape index (κ1) is 12.0. The predicted molar refractivity (Wildman–Crippen MR) is 59.2 cm³/mol. The third-order valence-electron chi connectivity index (χ3n) is 3.38. The van der Waals surface area contributed by atoms with Crippen molar-refractivity contribution >= 4 is 0 Å². The summed E-state index contributed by atoms with van der Waals surface area (Å²) >= 11 is 0. The minimum absolute atomic E-state index is 0.186. The van der Waals surface area contributed by atoms with Gasteiger partial charge in [-0.3, -0.25) is 4.39 Å². The highest BCUT2D eigenvalue weighted by atomic mass is 19.1. The highest BCUT2D eigenvalue weighted by Gasteiger charge is 2.21. The van der Waals surface area contributed by atoms with Gasteiger partial charge in [-0.15, -0.1) is 0 Å². The van der Waals surface area contributed by atoms with Gasteiger partial charge >= 0.3 is 0 Å². The van der Waals surface area contributed by atoms with Crippen LogP contribution in [-0.2, 0) is 0 Å². The minimum atomic E-state index is -0.186. The van der Waals surface area contributed by atoms with Gasteiger partial charge in [0, 0.05) is 6.04 Å². The molecule has 1 aliphatic rings. The Morgan fingerprint density at radius 3 is 2.57 bits per heavy atom. The summed E-state index contributed by atoms with van der Waals surface area (Å²) in [4.78, 5) is 0. The van der Waals surface area contributed by atoms with E-state index in [0.29, 0.717) is 12.5 Å². The first-order valence-electron chi connectivity index (χ1n) is 6.17. The van der Waals surface area contributed by atoms with Crippen LogP contribution in [0.3, 0.4) is 0 Å². The lowest BCUT2D eigenvalue weighted by Gasteiger charge is -2.30. The average molecular weight is 201 g/mol. The summed E-state index contributed by atoms with van der Waals surface area (Å²) in [6.07, 6.45) is 8.82. The molecule has 1 saturated carbocycles. The van der Waals surface area contributed by atoms with Crippen molar-refractivity contribution in [2.24, 2.45) is 5.92 Å². The fraction of sp³-hybridized carbons (Fsp3) is 1.00. The third-order valence-corrected chi connectivity index (χ3v) is 3.38. The van der Waals surface area contributed by atoms with Crippen LogP contribution in [0.5, 0.6) is 0 Å². The van der Waals surface area contributed by atoms with Gasteiger partial charge in [-0.05, 0) is 38.1 Å². The first-order valence-corrected chi connectivity index (χ1v) is 6.17. The van der Waals surface area contributed by atoms with Crippen LogP contribution in [0.15, 0.2) is 0 Å². The smallest absolute Gasteiger partial charge is 0.0906 e. The van der Waals surface area contributed by atoms with Crippen molar-refractivity contribution in [3.8, 4) is 0 Å². The summed E-state index contributed by atoms with van der Waals surface area (Å²) < 4.78 is 11.9. The molecule has 0 amide bonds. The number of halogens is 1. The molecule has 0 spiro atoms. The maximum Gasteiger partial charge on any atom is 0.0906 e. The Hall–Kier alpha value is -0.110. The van der Waals surface area contributed by atoms with Gasteiger partial charge in [0.25, 0.3) is 0 Å². The van der Waals surface area contributed by atoms with Gasteiger partial charge < -0.3 is 5.32 Å². The topological polar surface area (TPSA) is 12.0 Å². The quantitative estimate of drug-likeness (QED) is 0.650. The minimum Gasteiger partial charge on any atom is -0.314 e. The lowest BCUT2D eigenvalue weighted by Crippen LogP contribution is -2.37. The molecule has 1 atom stereocenters. The van der Waals surface area contributed by atoms with Crippen LogP contribution < -0.4 is 5.32 Å². The molecule has 0 aromatic heterocycles. The van der Waals surface area contributed by atoms with E-state index in [-0.39, 0.29) is 6.67 Å². The van der Waals surface area contributed by atoms with E-state index in [9.17, 15) is 4.39 Å². The first-order chi connectivity index (χ1) is 6.88.